The number of aliphatic hydroxyl groups excluding tert-OH is 1. The quantitative estimate of drug-likeness (QED) is 0.842. The summed E-state index contributed by atoms with van der Waals surface area (Å²) in [6.45, 7) is 4.17. The highest BCUT2D eigenvalue weighted by Gasteiger charge is 2.38. The summed E-state index contributed by atoms with van der Waals surface area (Å²) in [5.41, 5.74) is 2.25. The number of benzene rings is 1. The van der Waals surface area contributed by atoms with Crippen molar-refractivity contribution < 1.29 is 9.50 Å². The third kappa shape index (κ3) is 3.66. The second kappa shape index (κ2) is 6.98. The van der Waals surface area contributed by atoms with Crippen molar-refractivity contribution in [3.63, 3.8) is 0 Å². The van der Waals surface area contributed by atoms with Crippen LogP contribution in [0, 0.1) is 24.1 Å². The molecule has 0 amide bonds. The maximum absolute atomic E-state index is 13.9. The Labute approximate surface area is 143 Å². The lowest BCUT2D eigenvalue weighted by Crippen LogP contribution is -2.42. The molecule has 0 radical (unpaired) electrons. The number of aryl methyl sites for hydroxylation is 1. The van der Waals surface area contributed by atoms with Crippen LogP contribution in [0.2, 0.25) is 5.02 Å². The molecule has 1 saturated carbocycles. The van der Waals surface area contributed by atoms with E-state index in [1.54, 1.807) is 0 Å². The Morgan fingerprint density at radius 3 is 2.48 bits per heavy atom. The van der Waals surface area contributed by atoms with Gasteiger partial charge in [-0.25, -0.2) is 4.39 Å². The largest absolute Gasteiger partial charge is 0.396 e. The molecule has 128 valence electrons. The van der Waals surface area contributed by atoms with E-state index in [2.05, 4.69) is 4.90 Å². The molecule has 3 rings (SSSR count). The number of rotatable bonds is 3. The first-order valence-corrected chi connectivity index (χ1v) is 9.22. The van der Waals surface area contributed by atoms with Gasteiger partial charge < -0.3 is 10.0 Å². The highest BCUT2D eigenvalue weighted by atomic mass is 35.5. The molecule has 4 heteroatoms. The Hall–Kier alpha value is -0.800. The molecular weight excluding hydrogens is 313 g/mol. The van der Waals surface area contributed by atoms with Gasteiger partial charge in [-0.15, -0.1) is 0 Å². The van der Waals surface area contributed by atoms with E-state index in [0.29, 0.717) is 17.9 Å². The average Bonchev–Trinajstić information content (AvgIpc) is 2.54. The summed E-state index contributed by atoms with van der Waals surface area (Å²) in [7, 11) is 0. The van der Waals surface area contributed by atoms with Crippen LogP contribution in [-0.2, 0) is 0 Å². The zero-order valence-electron chi connectivity index (χ0n) is 14.0. The lowest BCUT2D eigenvalue weighted by Gasteiger charge is -2.46. The number of anilines is 1. The fraction of sp³-hybridized carbons (Fsp3) is 0.684. The van der Waals surface area contributed by atoms with Crippen molar-refractivity contribution in [3.05, 3.63) is 28.5 Å². The van der Waals surface area contributed by atoms with Crippen LogP contribution in [-0.4, -0.2) is 24.8 Å². The number of hydrogen-bond acceptors (Lipinski definition) is 2. The summed E-state index contributed by atoms with van der Waals surface area (Å²) < 4.78 is 13.9. The first-order valence-electron chi connectivity index (χ1n) is 8.84. The van der Waals surface area contributed by atoms with Crippen LogP contribution in [0.25, 0.3) is 0 Å². The molecule has 1 aromatic rings. The minimum absolute atomic E-state index is 0.262. The van der Waals surface area contributed by atoms with Gasteiger partial charge in [-0.1, -0.05) is 11.6 Å². The zero-order valence-corrected chi connectivity index (χ0v) is 14.7. The molecule has 1 N–H and O–H groups in total. The van der Waals surface area contributed by atoms with Crippen LogP contribution in [0.15, 0.2) is 12.1 Å². The van der Waals surface area contributed by atoms with Gasteiger partial charge in [-0.05, 0) is 80.9 Å². The average molecular weight is 340 g/mol. The molecule has 1 saturated heterocycles. The van der Waals surface area contributed by atoms with E-state index in [0.717, 1.165) is 30.8 Å². The van der Waals surface area contributed by atoms with Crippen LogP contribution < -0.4 is 4.90 Å². The smallest absolute Gasteiger partial charge is 0.144 e. The molecule has 23 heavy (non-hydrogen) atoms. The molecule has 2 fully saturated rings. The van der Waals surface area contributed by atoms with Crippen molar-refractivity contribution in [2.24, 2.45) is 11.3 Å². The van der Waals surface area contributed by atoms with Gasteiger partial charge in [-0.3, -0.25) is 0 Å². The van der Waals surface area contributed by atoms with Crippen LogP contribution in [0.5, 0.6) is 0 Å². The summed E-state index contributed by atoms with van der Waals surface area (Å²) in [6.07, 6.45) is 8.36. The van der Waals surface area contributed by atoms with Crippen LogP contribution in [0.1, 0.15) is 50.5 Å². The van der Waals surface area contributed by atoms with E-state index in [1.807, 2.05) is 13.0 Å². The fourth-order valence-electron chi connectivity index (χ4n) is 4.42. The summed E-state index contributed by atoms with van der Waals surface area (Å²) in [6, 6.07) is 3.50. The molecule has 2 aliphatic rings. The van der Waals surface area contributed by atoms with E-state index in [-0.39, 0.29) is 10.8 Å². The standard InChI is InChI=1S/C19H27ClFNO/c1-14-12-16(21)18(20)17(13-14)22-9-7-19(8-10-22)5-2-15(3-6-19)4-11-23/h12-13,15,23H,2-11H2,1H3. The third-order valence-corrected chi connectivity index (χ3v) is 6.40. The normalized spacial score (nSPS) is 21.8. The second-order valence-corrected chi connectivity index (χ2v) is 7.90. The molecule has 1 aliphatic heterocycles. The van der Waals surface area contributed by atoms with Crippen molar-refractivity contribution in [1.29, 1.82) is 0 Å². The highest BCUT2D eigenvalue weighted by molar-refractivity contribution is 6.33. The van der Waals surface area contributed by atoms with Crippen molar-refractivity contribution >= 4 is 17.3 Å². The van der Waals surface area contributed by atoms with E-state index in [1.165, 1.54) is 44.6 Å². The Morgan fingerprint density at radius 2 is 1.87 bits per heavy atom. The maximum atomic E-state index is 13.9. The molecule has 0 bridgehead atoms. The van der Waals surface area contributed by atoms with Gasteiger partial charge in [0, 0.05) is 19.7 Å². The third-order valence-electron chi connectivity index (χ3n) is 6.02. The van der Waals surface area contributed by atoms with E-state index < -0.39 is 0 Å². The minimum atomic E-state index is -0.313. The van der Waals surface area contributed by atoms with E-state index in [9.17, 15) is 4.39 Å². The van der Waals surface area contributed by atoms with Gasteiger partial charge in [0.25, 0.3) is 0 Å². The topological polar surface area (TPSA) is 23.5 Å². The first kappa shape index (κ1) is 17.0. The van der Waals surface area contributed by atoms with Crippen molar-refractivity contribution in [1.82, 2.24) is 0 Å². The van der Waals surface area contributed by atoms with Gasteiger partial charge in [0.15, 0.2) is 0 Å². The van der Waals surface area contributed by atoms with Gasteiger partial charge in [0.1, 0.15) is 5.82 Å². The van der Waals surface area contributed by atoms with Crippen LogP contribution in [0.4, 0.5) is 10.1 Å². The van der Waals surface area contributed by atoms with Crippen molar-refractivity contribution in [2.45, 2.75) is 51.9 Å². The summed E-state index contributed by atoms with van der Waals surface area (Å²) >= 11 is 6.19. The fourth-order valence-corrected chi connectivity index (χ4v) is 4.65. The lowest BCUT2D eigenvalue weighted by atomic mass is 9.65. The van der Waals surface area contributed by atoms with E-state index >= 15 is 0 Å². The minimum Gasteiger partial charge on any atom is -0.396 e. The molecule has 0 aromatic heterocycles. The molecule has 0 unspecified atom stereocenters. The first-order chi connectivity index (χ1) is 11.0. The molecule has 0 atom stereocenters. The van der Waals surface area contributed by atoms with Gasteiger partial charge in [-0.2, -0.15) is 0 Å². The molecule has 1 aliphatic carbocycles. The van der Waals surface area contributed by atoms with Gasteiger partial charge in [0.05, 0.1) is 10.7 Å². The maximum Gasteiger partial charge on any atom is 0.144 e. The predicted molar refractivity (Wildman–Crippen MR) is 93.7 cm³/mol. The number of nitrogens with zero attached hydrogens (tertiary/aromatic N) is 1. The number of hydrogen-bond donors (Lipinski definition) is 1. The monoisotopic (exact) mass is 339 g/mol. The molecule has 2 nitrogen and oxygen atoms in total. The Balaban J connectivity index is 1.63. The van der Waals surface area contributed by atoms with Crippen LogP contribution in [0.3, 0.4) is 0 Å². The van der Waals surface area contributed by atoms with E-state index in [4.69, 9.17) is 16.7 Å². The van der Waals surface area contributed by atoms with Crippen LogP contribution >= 0.6 is 11.6 Å². The number of piperidine rings is 1. The van der Waals surface area contributed by atoms with Gasteiger partial charge >= 0.3 is 0 Å². The number of halogens is 2. The predicted octanol–water partition coefficient (Wildman–Crippen LogP) is 4.95. The Morgan fingerprint density at radius 1 is 1.22 bits per heavy atom. The Bertz CT molecular complexity index is 545. The number of aliphatic hydroxyl groups is 1. The molecule has 1 spiro atoms. The highest BCUT2D eigenvalue weighted by Crippen LogP contribution is 2.48. The van der Waals surface area contributed by atoms with Crippen molar-refractivity contribution in [2.75, 3.05) is 24.6 Å². The summed E-state index contributed by atoms with van der Waals surface area (Å²) in [5.74, 6) is 0.399. The van der Waals surface area contributed by atoms with Crippen molar-refractivity contribution in [3.8, 4) is 0 Å². The molecule has 1 aromatic carbocycles. The molecule has 1 heterocycles. The Kier molecular flexibility index (Phi) is 5.17. The van der Waals surface area contributed by atoms with Gasteiger partial charge in [0.2, 0.25) is 0 Å². The lowest BCUT2D eigenvalue weighted by molar-refractivity contribution is 0.102. The SMILES string of the molecule is Cc1cc(F)c(Cl)c(N2CCC3(CCC(CCO)CC3)CC2)c1. The summed E-state index contributed by atoms with van der Waals surface area (Å²) in [5, 5.41) is 9.36. The summed E-state index contributed by atoms with van der Waals surface area (Å²) in [4.78, 5) is 2.25. The second-order valence-electron chi connectivity index (χ2n) is 7.52. The zero-order chi connectivity index (χ0) is 16.4. The molecular formula is C19H27ClFNO.